The molecule has 0 aromatic heterocycles. The number of β-lactam (4-membered cyclic amide) rings is 1. The topological polar surface area (TPSA) is 48.0 Å². The Morgan fingerprint density at radius 2 is 2.21 bits per heavy atom. The van der Waals surface area contributed by atoms with Gasteiger partial charge in [0, 0.05) is 14.2 Å². The van der Waals surface area contributed by atoms with Gasteiger partial charge in [-0.1, -0.05) is 6.08 Å². The molecule has 1 unspecified atom stereocenters. The van der Waals surface area contributed by atoms with Crippen LogP contribution in [0.4, 0.5) is 0 Å². The molecular weight excluding hydrogens is 186 g/mol. The van der Waals surface area contributed by atoms with Gasteiger partial charge in [-0.3, -0.25) is 4.79 Å². The Hall–Kier alpha value is -0.910. The summed E-state index contributed by atoms with van der Waals surface area (Å²) in [6, 6.07) is -0.113. The quantitative estimate of drug-likeness (QED) is 0.344. The molecule has 80 valence electrons. The van der Waals surface area contributed by atoms with Gasteiger partial charge in [-0.2, -0.15) is 0 Å². The van der Waals surface area contributed by atoms with E-state index >= 15 is 0 Å². The van der Waals surface area contributed by atoms with E-state index in [2.05, 4.69) is 6.58 Å². The lowest BCUT2D eigenvalue weighted by atomic mass is 9.99. The first kappa shape index (κ1) is 11.2. The molecular formula is C9H15NO4. The second-order valence-corrected chi connectivity index (χ2v) is 2.95. The van der Waals surface area contributed by atoms with E-state index in [0.717, 1.165) is 0 Å². The number of amides is 1. The molecule has 5 nitrogen and oxygen atoms in total. The van der Waals surface area contributed by atoms with Crippen LogP contribution in [0.1, 0.15) is 0 Å². The van der Waals surface area contributed by atoms with Crippen LogP contribution >= 0.6 is 0 Å². The minimum Gasteiger partial charge on any atom is -0.364 e. The summed E-state index contributed by atoms with van der Waals surface area (Å²) in [7, 11) is 3.05. The van der Waals surface area contributed by atoms with Gasteiger partial charge < -0.3 is 19.1 Å². The minimum atomic E-state index is -0.470. The average molecular weight is 201 g/mol. The highest BCUT2D eigenvalue weighted by atomic mass is 16.7. The minimum absolute atomic E-state index is 0.0891. The molecule has 0 saturated carbocycles. The first-order valence-corrected chi connectivity index (χ1v) is 4.28. The molecule has 0 aromatic carbocycles. The van der Waals surface area contributed by atoms with Gasteiger partial charge in [0.05, 0.1) is 6.04 Å². The number of carbonyl (C=O) groups excluding carboxylic acids is 1. The number of carbonyl (C=O) groups is 1. The summed E-state index contributed by atoms with van der Waals surface area (Å²) in [5.41, 5.74) is 0. The van der Waals surface area contributed by atoms with Gasteiger partial charge in [0.2, 0.25) is 0 Å². The number of hydrogen-bond acceptors (Lipinski definition) is 4. The van der Waals surface area contributed by atoms with Crippen molar-refractivity contribution < 1.29 is 19.0 Å². The van der Waals surface area contributed by atoms with Crippen LogP contribution in [-0.2, 0) is 19.0 Å². The largest absolute Gasteiger partial charge is 0.364 e. The first-order valence-electron chi connectivity index (χ1n) is 4.28. The zero-order chi connectivity index (χ0) is 10.6. The average Bonchev–Trinajstić information content (AvgIpc) is 2.20. The van der Waals surface area contributed by atoms with Crippen molar-refractivity contribution in [2.75, 3.05) is 27.7 Å². The van der Waals surface area contributed by atoms with E-state index in [4.69, 9.17) is 14.2 Å². The van der Waals surface area contributed by atoms with Gasteiger partial charge in [0.1, 0.15) is 13.5 Å². The van der Waals surface area contributed by atoms with Crippen molar-refractivity contribution in [1.82, 2.24) is 4.90 Å². The van der Waals surface area contributed by atoms with E-state index in [9.17, 15) is 4.79 Å². The SMILES string of the molecule is C=CC1[C@@H](OCOC)C(=O)N1COC. The van der Waals surface area contributed by atoms with Crippen molar-refractivity contribution in [1.29, 1.82) is 0 Å². The van der Waals surface area contributed by atoms with E-state index in [1.54, 1.807) is 11.0 Å². The molecule has 2 atom stereocenters. The molecule has 1 amide bonds. The molecule has 1 aliphatic heterocycles. The highest BCUT2D eigenvalue weighted by Crippen LogP contribution is 2.23. The maximum atomic E-state index is 11.4. The summed E-state index contributed by atoms with van der Waals surface area (Å²) < 4.78 is 14.8. The molecule has 0 bridgehead atoms. The van der Waals surface area contributed by atoms with Gasteiger partial charge in [-0.25, -0.2) is 0 Å². The molecule has 14 heavy (non-hydrogen) atoms. The number of ether oxygens (including phenoxy) is 3. The second-order valence-electron chi connectivity index (χ2n) is 2.95. The van der Waals surface area contributed by atoms with Gasteiger partial charge in [-0.15, -0.1) is 6.58 Å². The number of nitrogens with zero attached hydrogens (tertiary/aromatic N) is 1. The fourth-order valence-electron chi connectivity index (χ4n) is 1.39. The van der Waals surface area contributed by atoms with Crippen LogP contribution < -0.4 is 0 Å². The molecule has 0 radical (unpaired) electrons. The zero-order valence-electron chi connectivity index (χ0n) is 8.43. The summed E-state index contributed by atoms with van der Waals surface area (Å²) >= 11 is 0. The summed E-state index contributed by atoms with van der Waals surface area (Å²) in [6.07, 6.45) is 1.20. The summed E-state index contributed by atoms with van der Waals surface area (Å²) in [6.45, 7) is 4.02. The van der Waals surface area contributed by atoms with Crippen LogP contribution in [0.3, 0.4) is 0 Å². The summed E-state index contributed by atoms with van der Waals surface area (Å²) in [5, 5.41) is 0. The predicted octanol–water partition coefficient (Wildman–Crippen LogP) is -0.0238. The lowest BCUT2D eigenvalue weighted by molar-refractivity contribution is -0.190. The predicted molar refractivity (Wildman–Crippen MR) is 49.5 cm³/mol. The third kappa shape index (κ3) is 1.95. The lowest BCUT2D eigenvalue weighted by Crippen LogP contribution is -2.65. The summed E-state index contributed by atoms with van der Waals surface area (Å²) in [4.78, 5) is 13.0. The standard InChI is InChI=1S/C9H15NO4/c1-4-7-8(14-6-13-3)9(11)10(7)5-12-2/h4,7-8H,1,5-6H2,2-3H3/t7?,8-/m1/s1. The van der Waals surface area contributed by atoms with Crippen LogP contribution in [0, 0.1) is 0 Å². The number of methoxy groups -OCH3 is 2. The molecule has 0 spiro atoms. The van der Waals surface area contributed by atoms with Crippen molar-refractivity contribution in [2.24, 2.45) is 0 Å². The van der Waals surface area contributed by atoms with Gasteiger partial charge in [-0.05, 0) is 0 Å². The fraction of sp³-hybridized carbons (Fsp3) is 0.667. The molecule has 1 rings (SSSR count). The third-order valence-electron chi connectivity index (χ3n) is 2.07. The van der Waals surface area contributed by atoms with E-state index in [1.165, 1.54) is 14.2 Å². The normalized spacial score (nSPS) is 26.1. The second kappa shape index (κ2) is 5.09. The van der Waals surface area contributed by atoms with E-state index in [1.807, 2.05) is 0 Å². The maximum absolute atomic E-state index is 11.4. The molecule has 1 heterocycles. The van der Waals surface area contributed by atoms with Crippen LogP contribution in [0.25, 0.3) is 0 Å². The van der Waals surface area contributed by atoms with Crippen LogP contribution in [0.15, 0.2) is 12.7 Å². The highest BCUT2D eigenvalue weighted by molar-refractivity contribution is 5.89. The third-order valence-corrected chi connectivity index (χ3v) is 2.07. The van der Waals surface area contributed by atoms with Crippen LogP contribution in [-0.4, -0.2) is 50.7 Å². The molecule has 1 saturated heterocycles. The zero-order valence-corrected chi connectivity index (χ0v) is 8.43. The molecule has 0 aliphatic carbocycles. The molecule has 5 heteroatoms. The first-order chi connectivity index (χ1) is 6.76. The highest BCUT2D eigenvalue weighted by Gasteiger charge is 2.46. The van der Waals surface area contributed by atoms with Gasteiger partial charge >= 0.3 is 0 Å². The molecule has 0 aromatic rings. The van der Waals surface area contributed by atoms with Crippen molar-refractivity contribution in [2.45, 2.75) is 12.1 Å². The van der Waals surface area contributed by atoms with Crippen molar-refractivity contribution >= 4 is 5.91 Å². The maximum Gasteiger partial charge on any atom is 0.256 e. The summed E-state index contributed by atoms with van der Waals surface area (Å²) in [5.74, 6) is -0.0891. The van der Waals surface area contributed by atoms with Crippen molar-refractivity contribution in [3.63, 3.8) is 0 Å². The van der Waals surface area contributed by atoms with Crippen LogP contribution in [0.2, 0.25) is 0 Å². The van der Waals surface area contributed by atoms with Gasteiger partial charge in [0.25, 0.3) is 5.91 Å². The number of hydrogen-bond donors (Lipinski definition) is 0. The van der Waals surface area contributed by atoms with Crippen LogP contribution in [0.5, 0.6) is 0 Å². The molecule has 0 N–H and O–H groups in total. The van der Waals surface area contributed by atoms with E-state index < -0.39 is 6.10 Å². The Kier molecular flexibility index (Phi) is 4.06. The number of rotatable bonds is 6. The Morgan fingerprint density at radius 1 is 1.50 bits per heavy atom. The Bertz CT molecular complexity index is 219. The fourth-order valence-corrected chi connectivity index (χ4v) is 1.39. The van der Waals surface area contributed by atoms with Crippen molar-refractivity contribution in [3.8, 4) is 0 Å². The monoisotopic (exact) mass is 201 g/mol. The van der Waals surface area contributed by atoms with Gasteiger partial charge in [0.15, 0.2) is 6.10 Å². The van der Waals surface area contributed by atoms with Crippen molar-refractivity contribution in [3.05, 3.63) is 12.7 Å². The Labute approximate surface area is 83.2 Å². The van der Waals surface area contributed by atoms with E-state index in [-0.39, 0.29) is 25.5 Å². The smallest absolute Gasteiger partial charge is 0.256 e. The Morgan fingerprint density at radius 3 is 2.71 bits per heavy atom. The molecule has 1 aliphatic rings. The molecule has 1 fully saturated rings. The van der Waals surface area contributed by atoms with E-state index in [0.29, 0.717) is 0 Å². The number of likely N-dealkylation sites (tertiary alicyclic amines) is 1. The lowest BCUT2D eigenvalue weighted by Gasteiger charge is -2.44. The Balaban J connectivity index is 2.46.